The molecule has 4 aliphatic heterocycles. The fourth-order valence-electron chi connectivity index (χ4n) is 7.36. The van der Waals surface area contributed by atoms with Crippen molar-refractivity contribution in [1.29, 1.82) is 0 Å². The second-order valence-electron chi connectivity index (χ2n) is 13.1. The molecule has 1 aromatic rings. The molecule has 0 saturated carbocycles. The maximum atomic E-state index is 14.7. The number of hydrogen-bond donors (Lipinski definition) is 2. The first-order valence-electron chi connectivity index (χ1n) is 16.5. The number of likely N-dealkylation sites (tertiary alicyclic amines) is 1. The standard InChI is InChI=1S/C35H47N3O7/c1-4-5-11-18-37-19-12-7-10-15-28(40)44-22-26(24-13-8-6-9-14-24)36-32(41)29-27-16-17-35(45-27)30(29)33(42)38(31(35)34(37)43)25(21-39)20-23(2)3/h6-9,12-14,16-17,23,25-27,29-31,39H,4-5,10-11,15,18-22H2,1-3H3,(H,36,41)/b12-7-/t25-,26+,27+,29-,30-,31+,35-/m1/s1. The number of nitrogens with one attached hydrogen (secondary N) is 1. The number of fused-ring (bicyclic) bond motifs is 2. The van der Waals surface area contributed by atoms with Gasteiger partial charge in [-0.05, 0) is 30.7 Å². The first kappa shape index (κ1) is 32.9. The minimum absolute atomic E-state index is 0.0600. The predicted molar refractivity (Wildman–Crippen MR) is 167 cm³/mol. The summed E-state index contributed by atoms with van der Waals surface area (Å²) in [5.74, 6) is -3.08. The topological polar surface area (TPSA) is 125 Å². The molecule has 4 heterocycles. The first-order valence-corrected chi connectivity index (χ1v) is 16.5. The number of cyclic esters (lactones) is 1. The Labute approximate surface area is 265 Å². The van der Waals surface area contributed by atoms with Gasteiger partial charge in [-0.3, -0.25) is 19.2 Å². The van der Waals surface area contributed by atoms with Crippen molar-refractivity contribution in [3.63, 3.8) is 0 Å². The highest BCUT2D eigenvalue weighted by Crippen LogP contribution is 2.56. The molecule has 7 atom stereocenters. The third-order valence-electron chi connectivity index (χ3n) is 9.48. The lowest BCUT2D eigenvalue weighted by molar-refractivity contribution is -0.151. The van der Waals surface area contributed by atoms with Crippen LogP contribution in [-0.2, 0) is 28.7 Å². The molecule has 45 heavy (non-hydrogen) atoms. The van der Waals surface area contributed by atoms with Gasteiger partial charge in [0.25, 0.3) is 0 Å². The van der Waals surface area contributed by atoms with Crippen molar-refractivity contribution in [3.8, 4) is 0 Å². The van der Waals surface area contributed by atoms with E-state index in [1.165, 1.54) is 4.90 Å². The van der Waals surface area contributed by atoms with Crippen molar-refractivity contribution in [2.45, 2.75) is 89.1 Å². The molecule has 5 rings (SSSR count). The normalized spacial score (nSPS) is 31.7. The van der Waals surface area contributed by atoms with Gasteiger partial charge in [0.15, 0.2) is 0 Å². The summed E-state index contributed by atoms with van der Waals surface area (Å²) in [5, 5.41) is 13.6. The third-order valence-corrected chi connectivity index (χ3v) is 9.48. The zero-order valence-electron chi connectivity index (χ0n) is 26.6. The zero-order chi connectivity index (χ0) is 32.1. The average Bonchev–Trinajstić information content (AvgIpc) is 3.67. The molecule has 2 saturated heterocycles. The Balaban J connectivity index is 1.57. The number of unbranched alkanes of at least 4 members (excludes halogenated alkanes) is 2. The molecule has 0 aromatic heterocycles. The minimum atomic E-state index is -1.33. The van der Waals surface area contributed by atoms with Crippen molar-refractivity contribution in [2.75, 3.05) is 26.3 Å². The lowest BCUT2D eigenvalue weighted by atomic mass is 9.74. The molecular formula is C35H47N3O7. The number of esters is 1. The number of hydrogen-bond acceptors (Lipinski definition) is 7. The number of carbonyl (C=O) groups excluding carboxylic acids is 4. The summed E-state index contributed by atoms with van der Waals surface area (Å²) in [7, 11) is 0. The Bertz CT molecular complexity index is 1300. The Hall–Kier alpha value is -3.50. The summed E-state index contributed by atoms with van der Waals surface area (Å²) in [5.41, 5.74) is -0.570. The summed E-state index contributed by atoms with van der Waals surface area (Å²) in [4.78, 5) is 59.3. The summed E-state index contributed by atoms with van der Waals surface area (Å²) < 4.78 is 12.2. The average molecular weight is 622 g/mol. The summed E-state index contributed by atoms with van der Waals surface area (Å²) >= 11 is 0. The fourth-order valence-corrected chi connectivity index (χ4v) is 7.36. The van der Waals surface area contributed by atoms with Crippen molar-refractivity contribution in [3.05, 3.63) is 60.2 Å². The number of amides is 3. The quantitative estimate of drug-likeness (QED) is 0.246. The molecule has 0 aliphatic carbocycles. The second kappa shape index (κ2) is 14.3. The molecule has 2 fully saturated rings. The molecule has 3 amide bonds. The van der Waals surface area contributed by atoms with Crippen LogP contribution in [0.5, 0.6) is 0 Å². The first-order chi connectivity index (χ1) is 21.7. The van der Waals surface area contributed by atoms with Crippen LogP contribution in [0.25, 0.3) is 0 Å². The molecule has 5 bridgehead atoms. The van der Waals surface area contributed by atoms with E-state index in [1.807, 2.05) is 56.3 Å². The van der Waals surface area contributed by atoms with E-state index in [0.29, 0.717) is 25.9 Å². The van der Waals surface area contributed by atoms with Crippen LogP contribution < -0.4 is 5.32 Å². The Morgan fingerprint density at radius 1 is 1.07 bits per heavy atom. The molecule has 244 valence electrons. The van der Waals surface area contributed by atoms with Gasteiger partial charge in [-0.15, -0.1) is 0 Å². The highest BCUT2D eigenvalue weighted by molar-refractivity contribution is 6.00. The van der Waals surface area contributed by atoms with E-state index in [4.69, 9.17) is 9.47 Å². The fraction of sp³-hybridized carbons (Fsp3) is 0.600. The van der Waals surface area contributed by atoms with E-state index in [1.54, 1.807) is 17.1 Å². The summed E-state index contributed by atoms with van der Waals surface area (Å²) in [6, 6.07) is 6.99. The molecular weight excluding hydrogens is 574 g/mol. The molecule has 1 spiro atoms. The molecule has 10 nitrogen and oxygen atoms in total. The molecule has 0 unspecified atom stereocenters. The van der Waals surface area contributed by atoms with Gasteiger partial charge in [-0.1, -0.05) is 88.2 Å². The molecule has 2 N–H and O–H groups in total. The SMILES string of the molecule is CCCCCN1C/C=C\CCC(=O)OC[C@@H](c2ccccc2)NC(=O)[C@@H]2[C@@H]3C=C[C@]4(O3)[C@H](C1=O)N([C@@H](CO)CC(C)C)C(=O)[C@@H]24. The van der Waals surface area contributed by atoms with Crippen molar-refractivity contribution in [1.82, 2.24) is 15.1 Å². The molecule has 10 heteroatoms. The second-order valence-corrected chi connectivity index (χ2v) is 13.1. The van der Waals surface area contributed by atoms with E-state index in [-0.39, 0.29) is 43.3 Å². The van der Waals surface area contributed by atoms with Crippen LogP contribution in [0.3, 0.4) is 0 Å². The van der Waals surface area contributed by atoms with E-state index >= 15 is 0 Å². The van der Waals surface area contributed by atoms with Crippen molar-refractivity contribution in [2.24, 2.45) is 17.8 Å². The molecule has 0 radical (unpaired) electrons. The number of benzene rings is 1. The van der Waals surface area contributed by atoms with Gasteiger partial charge >= 0.3 is 5.97 Å². The number of allylic oxidation sites excluding steroid dienone is 1. The maximum absolute atomic E-state index is 14.7. The van der Waals surface area contributed by atoms with E-state index in [2.05, 4.69) is 12.2 Å². The van der Waals surface area contributed by atoms with Crippen molar-refractivity contribution >= 4 is 23.7 Å². The number of rotatable bonds is 9. The lowest BCUT2D eigenvalue weighted by Crippen LogP contribution is -2.58. The van der Waals surface area contributed by atoms with Gasteiger partial charge in [-0.2, -0.15) is 0 Å². The number of aliphatic hydroxyl groups excluding tert-OH is 1. The lowest BCUT2D eigenvalue weighted by Gasteiger charge is -2.39. The van der Waals surface area contributed by atoms with E-state index in [9.17, 15) is 24.3 Å². The van der Waals surface area contributed by atoms with E-state index < -0.39 is 47.6 Å². The van der Waals surface area contributed by atoms with Crippen LogP contribution in [0.4, 0.5) is 0 Å². The van der Waals surface area contributed by atoms with Gasteiger partial charge in [0.1, 0.15) is 18.2 Å². The van der Waals surface area contributed by atoms with Gasteiger partial charge in [0.05, 0.1) is 36.6 Å². The van der Waals surface area contributed by atoms with Crippen LogP contribution in [0, 0.1) is 17.8 Å². The largest absolute Gasteiger partial charge is 0.463 e. The predicted octanol–water partition coefficient (Wildman–Crippen LogP) is 3.31. The summed E-state index contributed by atoms with van der Waals surface area (Å²) in [6.07, 6.45) is 10.5. The minimum Gasteiger partial charge on any atom is -0.463 e. The monoisotopic (exact) mass is 621 g/mol. The van der Waals surface area contributed by atoms with Gasteiger partial charge in [0, 0.05) is 19.5 Å². The zero-order valence-corrected chi connectivity index (χ0v) is 26.6. The molecule has 4 aliphatic rings. The number of aliphatic hydroxyl groups is 1. The van der Waals surface area contributed by atoms with Gasteiger partial charge in [0.2, 0.25) is 17.7 Å². The third kappa shape index (κ3) is 6.58. The highest BCUT2D eigenvalue weighted by Gasteiger charge is 2.73. The number of nitrogens with zero attached hydrogens (tertiary/aromatic N) is 2. The maximum Gasteiger partial charge on any atom is 0.306 e. The van der Waals surface area contributed by atoms with Crippen LogP contribution in [0.2, 0.25) is 0 Å². The Kier molecular flexibility index (Phi) is 10.4. The number of ether oxygens (including phenoxy) is 2. The summed E-state index contributed by atoms with van der Waals surface area (Å²) in [6.45, 7) is 6.55. The Morgan fingerprint density at radius 2 is 1.84 bits per heavy atom. The van der Waals surface area contributed by atoms with Crippen LogP contribution >= 0.6 is 0 Å². The molecule has 1 aromatic carbocycles. The highest BCUT2D eigenvalue weighted by atomic mass is 16.5. The van der Waals surface area contributed by atoms with Gasteiger partial charge in [-0.25, -0.2) is 0 Å². The van der Waals surface area contributed by atoms with Crippen LogP contribution in [0.15, 0.2) is 54.6 Å². The van der Waals surface area contributed by atoms with Crippen molar-refractivity contribution < 1.29 is 33.8 Å². The smallest absolute Gasteiger partial charge is 0.306 e. The van der Waals surface area contributed by atoms with Crippen LogP contribution in [-0.4, -0.2) is 88.7 Å². The Morgan fingerprint density at radius 3 is 2.56 bits per heavy atom. The van der Waals surface area contributed by atoms with Gasteiger partial charge < -0.3 is 29.7 Å². The number of carbonyl (C=O) groups is 4. The van der Waals surface area contributed by atoms with Crippen LogP contribution in [0.1, 0.15) is 70.9 Å². The van der Waals surface area contributed by atoms with E-state index in [0.717, 1.165) is 24.8 Å².